The molecule has 0 amide bonds. The summed E-state index contributed by atoms with van der Waals surface area (Å²) in [5.41, 5.74) is 1.38. The second-order valence-corrected chi connectivity index (χ2v) is 5.69. The van der Waals surface area contributed by atoms with Crippen LogP contribution in [0.25, 0.3) is 0 Å². The number of piperazine rings is 1. The van der Waals surface area contributed by atoms with Crippen LogP contribution in [-0.2, 0) is 0 Å². The van der Waals surface area contributed by atoms with Gasteiger partial charge in [0.1, 0.15) is 11.5 Å². The Morgan fingerprint density at radius 3 is 2.23 bits per heavy atom. The van der Waals surface area contributed by atoms with E-state index in [1.807, 2.05) is 30.3 Å². The Balaban J connectivity index is 1.69. The largest absolute Gasteiger partial charge is 0.457 e. The van der Waals surface area contributed by atoms with Gasteiger partial charge in [-0.3, -0.25) is 4.90 Å². The zero-order chi connectivity index (χ0) is 15.2. The van der Waals surface area contributed by atoms with E-state index in [0.29, 0.717) is 6.04 Å². The van der Waals surface area contributed by atoms with Crippen LogP contribution in [0.5, 0.6) is 11.5 Å². The highest BCUT2D eigenvalue weighted by molar-refractivity contribution is 5.34. The van der Waals surface area contributed by atoms with Crippen molar-refractivity contribution in [3.63, 3.8) is 0 Å². The molecule has 22 heavy (non-hydrogen) atoms. The Morgan fingerprint density at radius 2 is 1.59 bits per heavy atom. The van der Waals surface area contributed by atoms with Gasteiger partial charge in [-0.25, -0.2) is 0 Å². The van der Waals surface area contributed by atoms with Gasteiger partial charge in [0.25, 0.3) is 0 Å². The third kappa shape index (κ3) is 3.67. The normalized spacial score (nSPS) is 17.1. The van der Waals surface area contributed by atoms with E-state index in [4.69, 9.17) is 4.74 Å². The van der Waals surface area contributed by atoms with E-state index in [1.165, 1.54) is 5.56 Å². The second-order valence-electron chi connectivity index (χ2n) is 5.69. The summed E-state index contributed by atoms with van der Waals surface area (Å²) in [5.74, 6) is 1.77. The fourth-order valence-corrected chi connectivity index (χ4v) is 3.08. The second kappa shape index (κ2) is 7.43. The van der Waals surface area contributed by atoms with Crippen LogP contribution in [0.2, 0.25) is 0 Å². The number of hydrogen-bond donors (Lipinski definition) is 1. The van der Waals surface area contributed by atoms with Crippen LogP contribution in [0, 0.1) is 0 Å². The van der Waals surface area contributed by atoms with E-state index in [1.54, 1.807) is 0 Å². The summed E-state index contributed by atoms with van der Waals surface area (Å²) in [5, 5.41) is 3.42. The SMILES string of the molecule is CC[C@H](c1ccc(Oc2ccccc2)cc1)N1CCNCC1. The summed E-state index contributed by atoms with van der Waals surface area (Å²) in [4.78, 5) is 2.57. The van der Waals surface area contributed by atoms with Crippen LogP contribution in [0.4, 0.5) is 0 Å². The van der Waals surface area contributed by atoms with Gasteiger partial charge in [0.05, 0.1) is 0 Å². The molecule has 0 unspecified atom stereocenters. The highest BCUT2D eigenvalue weighted by Crippen LogP contribution is 2.28. The molecule has 1 saturated heterocycles. The molecule has 3 nitrogen and oxygen atoms in total. The standard InChI is InChI=1S/C19H24N2O/c1-2-19(21-14-12-20-13-15-21)16-8-10-18(11-9-16)22-17-6-4-3-5-7-17/h3-11,19-20H,2,12-15H2,1H3/t19-/m1/s1. The first-order chi connectivity index (χ1) is 10.9. The molecule has 0 aliphatic carbocycles. The lowest BCUT2D eigenvalue weighted by molar-refractivity contribution is 0.169. The van der Waals surface area contributed by atoms with Crippen LogP contribution in [0.3, 0.4) is 0 Å². The topological polar surface area (TPSA) is 24.5 Å². The van der Waals surface area contributed by atoms with Gasteiger partial charge in [-0.05, 0) is 36.2 Å². The third-order valence-corrected chi connectivity index (χ3v) is 4.22. The van der Waals surface area contributed by atoms with Gasteiger partial charge in [0.2, 0.25) is 0 Å². The van der Waals surface area contributed by atoms with Gasteiger partial charge >= 0.3 is 0 Å². The lowest BCUT2D eigenvalue weighted by Gasteiger charge is -2.34. The van der Waals surface area contributed by atoms with E-state index < -0.39 is 0 Å². The zero-order valence-corrected chi connectivity index (χ0v) is 13.2. The molecule has 2 aromatic rings. The van der Waals surface area contributed by atoms with Crippen LogP contribution in [0.1, 0.15) is 24.9 Å². The van der Waals surface area contributed by atoms with Crippen molar-refractivity contribution in [3.05, 3.63) is 60.2 Å². The van der Waals surface area contributed by atoms with Crippen LogP contribution in [-0.4, -0.2) is 31.1 Å². The highest BCUT2D eigenvalue weighted by Gasteiger charge is 2.20. The predicted molar refractivity (Wildman–Crippen MR) is 90.4 cm³/mol. The van der Waals surface area contributed by atoms with Crippen molar-refractivity contribution >= 4 is 0 Å². The molecule has 3 rings (SSSR count). The number of rotatable bonds is 5. The fourth-order valence-electron chi connectivity index (χ4n) is 3.08. The first kappa shape index (κ1) is 15.1. The molecule has 1 aliphatic rings. The maximum Gasteiger partial charge on any atom is 0.127 e. The number of benzene rings is 2. The molecule has 1 heterocycles. The molecule has 116 valence electrons. The average Bonchev–Trinajstić information content (AvgIpc) is 2.59. The van der Waals surface area contributed by atoms with Gasteiger partial charge in [0, 0.05) is 32.2 Å². The van der Waals surface area contributed by atoms with Crippen LogP contribution in [0.15, 0.2) is 54.6 Å². The van der Waals surface area contributed by atoms with Crippen molar-refractivity contribution in [1.82, 2.24) is 10.2 Å². The quantitative estimate of drug-likeness (QED) is 0.907. The smallest absolute Gasteiger partial charge is 0.127 e. The maximum absolute atomic E-state index is 5.87. The lowest BCUT2D eigenvalue weighted by Crippen LogP contribution is -2.45. The van der Waals surface area contributed by atoms with Crippen molar-refractivity contribution in [2.75, 3.05) is 26.2 Å². The maximum atomic E-state index is 5.87. The summed E-state index contributed by atoms with van der Waals surface area (Å²) >= 11 is 0. The summed E-state index contributed by atoms with van der Waals surface area (Å²) < 4.78 is 5.87. The van der Waals surface area contributed by atoms with Gasteiger partial charge in [-0.2, -0.15) is 0 Å². The molecule has 2 aromatic carbocycles. The molecule has 1 aliphatic heterocycles. The summed E-state index contributed by atoms with van der Waals surface area (Å²) in [6.45, 7) is 6.69. The zero-order valence-electron chi connectivity index (χ0n) is 13.2. The van der Waals surface area contributed by atoms with E-state index in [-0.39, 0.29) is 0 Å². The van der Waals surface area contributed by atoms with Crippen LogP contribution >= 0.6 is 0 Å². The van der Waals surface area contributed by atoms with E-state index >= 15 is 0 Å². The van der Waals surface area contributed by atoms with Crippen molar-refractivity contribution < 1.29 is 4.74 Å². The average molecular weight is 296 g/mol. The molecular formula is C19H24N2O. The highest BCUT2D eigenvalue weighted by atomic mass is 16.5. The minimum absolute atomic E-state index is 0.507. The molecule has 0 spiro atoms. The molecule has 1 fully saturated rings. The minimum Gasteiger partial charge on any atom is -0.457 e. The summed E-state index contributed by atoms with van der Waals surface area (Å²) in [7, 11) is 0. The van der Waals surface area contributed by atoms with Crippen molar-refractivity contribution in [2.24, 2.45) is 0 Å². The van der Waals surface area contributed by atoms with Gasteiger partial charge in [0.15, 0.2) is 0 Å². The predicted octanol–water partition coefficient (Wildman–Crippen LogP) is 3.84. The lowest BCUT2D eigenvalue weighted by atomic mass is 10.0. The summed E-state index contributed by atoms with van der Waals surface area (Å²) in [6, 6.07) is 19.0. The number of ether oxygens (including phenoxy) is 1. The number of nitrogens with zero attached hydrogens (tertiary/aromatic N) is 1. The van der Waals surface area contributed by atoms with Crippen molar-refractivity contribution in [3.8, 4) is 11.5 Å². The Hall–Kier alpha value is -1.84. The minimum atomic E-state index is 0.507. The molecule has 0 aromatic heterocycles. The summed E-state index contributed by atoms with van der Waals surface area (Å²) in [6.07, 6.45) is 1.14. The van der Waals surface area contributed by atoms with Crippen molar-refractivity contribution in [2.45, 2.75) is 19.4 Å². The fraction of sp³-hybridized carbons (Fsp3) is 0.368. The molecule has 3 heteroatoms. The molecule has 0 saturated carbocycles. The van der Waals surface area contributed by atoms with Gasteiger partial charge < -0.3 is 10.1 Å². The first-order valence-electron chi connectivity index (χ1n) is 8.14. The van der Waals surface area contributed by atoms with Gasteiger partial charge in [-0.1, -0.05) is 37.3 Å². The first-order valence-corrected chi connectivity index (χ1v) is 8.14. The Bertz CT molecular complexity index is 562. The van der Waals surface area contributed by atoms with Gasteiger partial charge in [-0.15, -0.1) is 0 Å². The monoisotopic (exact) mass is 296 g/mol. The molecule has 0 bridgehead atoms. The number of nitrogens with one attached hydrogen (secondary N) is 1. The van der Waals surface area contributed by atoms with E-state index in [9.17, 15) is 0 Å². The van der Waals surface area contributed by atoms with Crippen molar-refractivity contribution in [1.29, 1.82) is 0 Å². The van der Waals surface area contributed by atoms with E-state index in [2.05, 4.69) is 41.4 Å². The Kier molecular flexibility index (Phi) is 5.09. The Morgan fingerprint density at radius 1 is 0.955 bits per heavy atom. The molecule has 1 atom stereocenters. The number of para-hydroxylation sites is 1. The molecular weight excluding hydrogens is 272 g/mol. The third-order valence-electron chi connectivity index (χ3n) is 4.22. The number of hydrogen-bond acceptors (Lipinski definition) is 3. The Labute approximate surface area is 132 Å². The molecule has 0 radical (unpaired) electrons. The molecule has 1 N–H and O–H groups in total. The van der Waals surface area contributed by atoms with Crippen LogP contribution < -0.4 is 10.1 Å². The van der Waals surface area contributed by atoms with E-state index in [0.717, 1.165) is 44.1 Å².